The molecule has 2 heterocycles. The van der Waals surface area contributed by atoms with Crippen LogP contribution in [-0.4, -0.2) is 44.9 Å². The predicted octanol–water partition coefficient (Wildman–Crippen LogP) is 1.18. The van der Waals surface area contributed by atoms with Gasteiger partial charge in [0.2, 0.25) is 0 Å². The first kappa shape index (κ1) is 13.4. The van der Waals surface area contributed by atoms with E-state index >= 15 is 0 Å². The number of nitrogens with zero attached hydrogens (tertiary/aromatic N) is 1. The van der Waals surface area contributed by atoms with Gasteiger partial charge >= 0.3 is 0 Å². The van der Waals surface area contributed by atoms with E-state index in [9.17, 15) is 4.79 Å². The molecule has 0 saturated carbocycles. The number of ether oxygens (including phenoxy) is 2. The van der Waals surface area contributed by atoms with Crippen LogP contribution in [0.5, 0.6) is 5.75 Å². The molecule has 1 N–H and O–H groups in total. The molecule has 1 aromatic rings. The van der Waals surface area contributed by atoms with Crippen LogP contribution >= 0.6 is 0 Å². The fraction of sp³-hybridized carbons (Fsp3) is 0.533. The summed E-state index contributed by atoms with van der Waals surface area (Å²) in [5, 5.41) is 3.39. The monoisotopic (exact) mass is 276 g/mol. The minimum absolute atomic E-state index is 0.00412. The average molecular weight is 276 g/mol. The van der Waals surface area contributed by atoms with E-state index in [1.54, 1.807) is 7.11 Å². The summed E-state index contributed by atoms with van der Waals surface area (Å²) in [6.07, 6.45) is 1.99. The predicted molar refractivity (Wildman–Crippen MR) is 76.1 cm³/mol. The van der Waals surface area contributed by atoms with Gasteiger partial charge in [0, 0.05) is 6.54 Å². The Hall–Kier alpha value is -1.59. The van der Waals surface area contributed by atoms with Crippen molar-refractivity contribution in [1.82, 2.24) is 5.32 Å². The quantitative estimate of drug-likeness (QED) is 0.881. The van der Waals surface area contributed by atoms with Gasteiger partial charge in [-0.15, -0.1) is 0 Å². The van der Waals surface area contributed by atoms with Crippen molar-refractivity contribution in [3.8, 4) is 5.75 Å². The lowest BCUT2D eigenvalue weighted by atomic mass is 9.87. The van der Waals surface area contributed by atoms with E-state index in [1.807, 2.05) is 29.2 Å². The molecule has 0 aliphatic carbocycles. The number of nitrogens with one attached hydrogen (secondary N) is 1. The van der Waals surface area contributed by atoms with E-state index in [0.29, 0.717) is 6.61 Å². The summed E-state index contributed by atoms with van der Waals surface area (Å²) in [5.41, 5.74) is 0.550. The molecular weight excluding hydrogens is 256 g/mol. The van der Waals surface area contributed by atoms with Gasteiger partial charge < -0.3 is 14.8 Å². The molecule has 1 atom stereocenters. The van der Waals surface area contributed by atoms with Crippen molar-refractivity contribution in [3.05, 3.63) is 24.3 Å². The smallest absolute Gasteiger partial charge is 0.253 e. The molecule has 2 aliphatic heterocycles. The van der Waals surface area contributed by atoms with Crippen molar-refractivity contribution < 1.29 is 14.3 Å². The molecule has 1 aromatic carbocycles. The number of hydrogen-bond donors (Lipinski definition) is 1. The Kier molecular flexibility index (Phi) is 3.63. The Morgan fingerprint density at radius 3 is 3.00 bits per heavy atom. The Bertz CT molecular complexity index is 492. The number of carbonyl (C=O) groups excluding carboxylic acids is 1. The summed E-state index contributed by atoms with van der Waals surface area (Å²) in [6, 6.07) is 7.68. The lowest BCUT2D eigenvalue weighted by molar-refractivity contribution is -0.130. The topological polar surface area (TPSA) is 50.8 Å². The number of hydrogen-bond acceptors (Lipinski definition) is 4. The molecule has 1 amide bonds. The van der Waals surface area contributed by atoms with Crippen LogP contribution in [0, 0.1) is 0 Å². The summed E-state index contributed by atoms with van der Waals surface area (Å²) in [5.74, 6) is 0.733. The van der Waals surface area contributed by atoms with Crippen molar-refractivity contribution in [2.24, 2.45) is 0 Å². The number of anilines is 1. The number of morpholine rings is 1. The highest BCUT2D eigenvalue weighted by molar-refractivity contribution is 5.98. The second-order valence-corrected chi connectivity index (χ2v) is 5.40. The maximum absolute atomic E-state index is 12.5. The number of benzene rings is 1. The van der Waals surface area contributed by atoms with E-state index in [4.69, 9.17) is 9.47 Å². The van der Waals surface area contributed by atoms with Gasteiger partial charge in [-0.1, -0.05) is 12.1 Å². The molecule has 0 aromatic heterocycles. The standard InChI is InChI=1S/C15H20N2O3/c1-19-13-6-3-2-5-12(13)17-14(18)9-20-11-15(17)7-4-8-16-10-15/h2-3,5-6,16H,4,7-11H2,1H3. The van der Waals surface area contributed by atoms with Gasteiger partial charge in [0.15, 0.2) is 0 Å². The van der Waals surface area contributed by atoms with E-state index in [1.165, 1.54) is 0 Å². The molecule has 1 spiro atoms. The highest BCUT2D eigenvalue weighted by Gasteiger charge is 2.45. The van der Waals surface area contributed by atoms with Crippen LogP contribution in [0.4, 0.5) is 5.69 Å². The molecule has 2 aliphatic rings. The third-order valence-corrected chi connectivity index (χ3v) is 4.10. The van der Waals surface area contributed by atoms with Crippen molar-refractivity contribution in [2.45, 2.75) is 18.4 Å². The molecule has 3 rings (SSSR count). The first-order chi connectivity index (χ1) is 9.77. The van der Waals surface area contributed by atoms with Gasteiger partial charge in [-0.3, -0.25) is 9.69 Å². The zero-order valence-corrected chi connectivity index (χ0v) is 11.7. The summed E-state index contributed by atoms with van der Waals surface area (Å²) in [4.78, 5) is 14.3. The zero-order valence-electron chi connectivity index (χ0n) is 11.7. The number of para-hydroxylation sites is 2. The minimum atomic E-state index is -0.289. The van der Waals surface area contributed by atoms with Crippen LogP contribution in [-0.2, 0) is 9.53 Å². The molecule has 1 unspecified atom stereocenters. The largest absolute Gasteiger partial charge is 0.495 e. The van der Waals surface area contributed by atoms with Gasteiger partial charge in [0.1, 0.15) is 12.4 Å². The van der Waals surface area contributed by atoms with E-state index < -0.39 is 0 Å². The average Bonchev–Trinajstić information content (AvgIpc) is 2.48. The van der Waals surface area contributed by atoms with E-state index in [-0.39, 0.29) is 18.1 Å². The summed E-state index contributed by atoms with van der Waals surface area (Å²) in [6.45, 7) is 2.47. The summed E-state index contributed by atoms with van der Waals surface area (Å²) in [7, 11) is 1.63. The SMILES string of the molecule is COc1ccccc1N1C(=O)COCC12CCCNC2. The van der Waals surface area contributed by atoms with Gasteiger partial charge in [-0.25, -0.2) is 0 Å². The van der Waals surface area contributed by atoms with Gasteiger partial charge in [-0.2, -0.15) is 0 Å². The Balaban J connectivity index is 2.03. The molecule has 2 saturated heterocycles. The van der Waals surface area contributed by atoms with E-state index in [0.717, 1.165) is 37.4 Å². The first-order valence-electron chi connectivity index (χ1n) is 7.01. The van der Waals surface area contributed by atoms with Crippen molar-refractivity contribution in [3.63, 3.8) is 0 Å². The second-order valence-electron chi connectivity index (χ2n) is 5.40. The molecule has 5 heteroatoms. The van der Waals surface area contributed by atoms with Gasteiger partial charge in [0.05, 0.1) is 24.9 Å². The Morgan fingerprint density at radius 2 is 2.25 bits per heavy atom. The Morgan fingerprint density at radius 1 is 1.40 bits per heavy atom. The van der Waals surface area contributed by atoms with Gasteiger partial charge in [0.25, 0.3) is 5.91 Å². The van der Waals surface area contributed by atoms with Crippen LogP contribution < -0.4 is 15.0 Å². The summed E-state index contributed by atoms with van der Waals surface area (Å²) < 4.78 is 11.0. The third-order valence-electron chi connectivity index (χ3n) is 4.10. The minimum Gasteiger partial charge on any atom is -0.495 e. The molecule has 0 bridgehead atoms. The number of amides is 1. The lowest BCUT2D eigenvalue weighted by Gasteiger charge is -2.49. The molecule has 0 radical (unpaired) electrons. The number of carbonyl (C=O) groups is 1. The highest BCUT2D eigenvalue weighted by atomic mass is 16.5. The van der Waals surface area contributed by atoms with Crippen LogP contribution in [0.3, 0.4) is 0 Å². The second kappa shape index (κ2) is 5.42. The zero-order chi connectivity index (χ0) is 14.0. The fourth-order valence-corrected chi connectivity index (χ4v) is 3.19. The number of piperidine rings is 1. The Labute approximate surface area is 118 Å². The van der Waals surface area contributed by atoms with Crippen LogP contribution in [0.25, 0.3) is 0 Å². The third kappa shape index (κ3) is 2.17. The van der Waals surface area contributed by atoms with Crippen molar-refractivity contribution in [2.75, 3.05) is 38.3 Å². The van der Waals surface area contributed by atoms with Crippen molar-refractivity contribution in [1.29, 1.82) is 0 Å². The molecule has 2 fully saturated rings. The maximum Gasteiger partial charge on any atom is 0.253 e. The van der Waals surface area contributed by atoms with Gasteiger partial charge in [-0.05, 0) is 31.5 Å². The van der Waals surface area contributed by atoms with Crippen molar-refractivity contribution >= 4 is 11.6 Å². The maximum atomic E-state index is 12.5. The first-order valence-corrected chi connectivity index (χ1v) is 7.01. The highest BCUT2D eigenvalue weighted by Crippen LogP contribution is 2.37. The number of methoxy groups -OCH3 is 1. The molecule has 20 heavy (non-hydrogen) atoms. The van der Waals surface area contributed by atoms with Crippen LogP contribution in [0.2, 0.25) is 0 Å². The van der Waals surface area contributed by atoms with Crippen LogP contribution in [0.1, 0.15) is 12.8 Å². The normalized spacial score (nSPS) is 26.9. The van der Waals surface area contributed by atoms with E-state index in [2.05, 4.69) is 5.32 Å². The fourth-order valence-electron chi connectivity index (χ4n) is 3.19. The molecular formula is C15H20N2O3. The molecule has 5 nitrogen and oxygen atoms in total. The van der Waals surface area contributed by atoms with Crippen LogP contribution in [0.15, 0.2) is 24.3 Å². The molecule has 108 valence electrons. The number of rotatable bonds is 2. The summed E-state index contributed by atoms with van der Waals surface area (Å²) >= 11 is 0. The lowest BCUT2D eigenvalue weighted by Crippen LogP contribution is -2.66.